The molecule has 0 saturated heterocycles. The summed E-state index contributed by atoms with van der Waals surface area (Å²) >= 11 is 0. The number of aromatic hydroxyl groups is 1. The minimum atomic E-state index is -1.37. The molecule has 234 valence electrons. The Balaban J connectivity index is 2.05. The molecular formula is C29H36N2O12. The maximum absolute atomic E-state index is 13.1. The van der Waals surface area contributed by atoms with Crippen LogP contribution in [0.4, 0.5) is 4.79 Å². The van der Waals surface area contributed by atoms with E-state index in [9.17, 15) is 34.2 Å². The fourth-order valence-corrected chi connectivity index (χ4v) is 3.72. The molecule has 2 rings (SSSR count). The van der Waals surface area contributed by atoms with Crippen LogP contribution in [0, 0.1) is 0 Å². The van der Waals surface area contributed by atoms with Gasteiger partial charge in [-0.1, -0.05) is 12.1 Å². The lowest BCUT2D eigenvalue weighted by Gasteiger charge is -2.23. The van der Waals surface area contributed by atoms with E-state index in [0.29, 0.717) is 18.4 Å². The normalized spacial score (nSPS) is 11.5. The molecule has 0 aliphatic carbocycles. The molecule has 0 aliphatic rings. The van der Waals surface area contributed by atoms with E-state index >= 15 is 0 Å². The predicted molar refractivity (Wildman–Crippen MR) is 151 cm³/mol. The number of hydrogen-bond donors (Lipinski definition) is 5. The monoisotopic (exact) mass is 604 g/mol. The number of alkyl carbamates (subject to hydrolysis) is 1. The van der Waals surface area contributed by atoms with Gasteiger partial charge < -0.3 is 44.9 Å². The summed E-state index contributed by atoms with van der Waals surface area (Å²) in [6.45, 7) is 4.59. The number of unbranched alkanes of at least 4 members (excludes halogenated alkanes) is 1. The van der Waals surface area contributed by atoms with Gasteiger partial charge in [0, 0.05) is 13.0 Å². The van der Waals surface area contributed by atoms with Crippen LogP contribution in [0.3, 0.4) is 0 Å². The van der Waals surface area contributed by atoms with Crippen LogP contribution in [-0.4, -0.2) is 83.7 Å². The van der Waals surface area contributed by atoms with Crippen LogP contribution in [0.25, 0.3) is 0 Å². The van der Waals surface area contributed by atoms with Crippen molar-refractivity contribution in [3.63, 3.8) is 0 Å². The first-order valence-corrected chi connectivity index (χ1v) is 13.2. The third kappa shape index (κ3) is 11.4. The molecule has 43 heavy (non-hydrogen) atoms. The minimum absolute atomic E-state index is 0.0955. The molecule has 0 aliphatic heterocycles. The number of aromatic carboxylic acids is 1. The zero-order chi connectivity index (χ0) is 32.2. The number of hydrogen-bond acceptors (Lipinski definition) is 10. The number of amides is 2. The van der Waals surface area contributed by atoms with E-state index < -0.39 is 48.2 Å². The molecule has 2 amide bonds. The van der Waals surface area contributed by atoms with Crippen molar-refractivity contribution in [2.24, 2.45) is 0 Å². The molecule has 14 nitrogen and oxygen atoms in total. The highest BCUT2D eigenvalue weighted by molar-refractivity contribution is 5.95. The Morgan fingerprint density at radius 3 is 2.30 bits per heavy atom. The highest BCUT2D eigenvalue weighted by atomic mass is 16.6. The third-order valence-corrected chi connectivity index (χ3v) is 5.59. The van der Waals surface area contributed by atoms with Gasteiger partial charge in [-0.2, -0.15) is 0 Å². The van der Waals surface area contributed by atoms with Crippen molar-refractivity contribution in [3.8, 4) is 17.2 Å². The number of rotatable bonds is 15. The van der Waals surface area contributed by atoms with Crippen LogP contribution < -0.4 is 20.1 Å². The van der Waals surface area contributed by atoms with E-state index in [1.807, 2.05) is 0 Å². The average molecular weight is 605 g/mol. The lowest BCUT2D eigenvalue weighted by molar-refractivity contribution is -0.139. The Morgan fingerprint density at radius 2 is 1.67 bits per heavy atom. The van der Waals surface area contributed by atoms with Crippen molar-refractivity contribution in [2.45, 2.75) is 51.7 Å². The Hall–Kier alpha value is -5.01. The molecule has 0 spiro atoms. The number of carbonyl (C=O) groups excluding carboxylic acids is 3. The molecule has 0 aromatic heterocycles. The van der Waals surface area contributed by atoms with Gasteiger partial charge in [-0.05, 0) is 63.4 Å². The predicted octanol–water partition coefficient (Wildman–Crippen LogP) is 2.75. The first kappa shape index (κ1) is 34.2. The number of nitrogens with one attached hydrogen (secondary N) is 2. The number of phenolic OH excluding ortho intramolecular Hbond substituents is 1. The van der Waals surface area contributed by atoms with Crippen molar-refractivity contribution >= 4 is 29.9 Å². The number of methoxy groups -OCH3 is 1. The zero-order valence-corrected chi connectivity index (χ0v) is 24.3. The molecule has 14 heteroatoms. The summed E-state index contributed by atoms with van der Waals surface area (Å²) < 4.78 is 20.6. The largest absolute Gasteiger partial charge is 0.507 e. The number of aliphatic carboxylic acids is 1. The van der Waals surface area contributed by atoms with Crippen molar-refractivity contribution in [3.05, 3.63) is 53.1 Å². The van der Waals surface area contributed by atoms with Gasteiger partial charge in [0.25, 0.3) is 0 Å². The second-order valence-corrected chi connectivity index (χ2v) is 10.2. The fraction of sp³-hybridized carbons (Fsp3) is 0.414. The van der Waals surface area contributed by atoms with Gasteiger partial charge in [0.15, 0.2) is 6.61 Å². The SMILES string of the molecule is COC(=O)c1c(O)cccc1OCCCCNC(=O)[C@@H](Cc1ccc(OCC(=O)O)c(C(=O)O)c1)NC(=O)OC(C)(C)C. The molecule has 0 fully saturated rings. The van der Waals surface area contributed by atoms with Gasteiger partial charge >= 0.3 is 24.0 Å². The number of benzene rings is 2. The number of ether oxygens (including phenoxy) is 4. The fourth-order valence-electron chi connectivity index (χ4n) is 3.72. The van der Waals surface area contributed by atoms with Crippen LogP contribution in [0.1, 0.15) is 59.9 Å². The first-order valence-electron chi connectivity index (χ1n) is 13.2. The van der Waals surface area contributed by atoms with Crippen LogP contribution in [-0.2, 0) is 25.5 Å². The molecule has 0 radical (unpaired) electrons. The molecule has 0 bridgehead atoms. The zero-order valence-electron chi connectivity index (χ0n) is 24.3. The van der Waals surface area contributed by atoms with Gasteiger partial charge in [0.1, 0.15) is 40.0 Å². The lowest BCUT2D eigenvalue weighted by Crippen LogP contribution is -2.49. The van der Waals surface area contributed by atoms with Crippen LogP contribution >= 0.6 is 0 Å². The van der Waals surface area contributed by atoms with Gasteiger partial charge in [0.05, 0.1) is 13.7 Å². The molecule has 0 unspecified atom stereocenters. The van der Waals surface area contributed by atoms with Gasteiger partial charge in [0.2, 0.25) is 5.91 Å². The Morgan fingerprint density at radius 1 is 0.953 bits per heavy atom. The molecule has 2 aromatic rings. The smallest absolute Gasteiger partial charge is 0.408 e. The molecule has 0 heterocycles. The summed E-state index contributed by atoms with van der Waals surface area (Å²) in [5.74, 6) is -4.25. The second-order valence-electron chi connectivity index (χ2n) is 10.2. The standard InChI is InChI=1S/C29H36N2O12/c1-29(2,3)43-28(39)31-19(15-17-10-11-21(42-16-23(33)34)18(14-17)26(36)37)25(35)30-12-5-6-13-41-22-9-7-8-20(32)24(22)27(38)40-4/h7-11,14,19,32H,5-6,12-13,15-16H2,1-4H3,(H,30,35)(H,31,39)(H,33,34)(H,36,37)/t19-/m1/s1. The number of phenols is 1. The lowest BCUT2D eigenvalue weighted by atomic mass is 10.0. The summed E-state index contributed by atoms with van der Waals surface area (Å²) in [5, 5.41) is 33.6. The third-order valence-electron chi connectivity index (χ3n) is 5.59. The molecule has 5 N–H and O–H groups in total. The van der Waals surface area contributed by atoms with Gasteiger partial charge in [-0.25, -0.2) is 19.2 Å². The van der Waals surface area contributed by atoms with Crippen molar-refractivity contribution < 1.29 is 58.2 Å². The Kier molecular flexibility index (Phi) is 12.6. The molecule has 0 saturated carbocycles. The summed E-state index contributed by atoms with van der Waals surface area (Å²) in [6.07, 6.45) is -0.0497. The van der Waals surface area contributed by atoms with E-state index in [0.717, 1.165) is 0 Å². The number of carboxylic acids is 2. The highest BCUT2D eigenvalue weighted by Crippen LogP contribution is 2.28. The Labute approximate surface area is 247 Å². The second kappa shape index (κ2) is 15.8. The highest BCUT2D eigenvalue weighted by Gasteiger charge is 2.26. The number of carbonyl (C=O) groups is 5. The Bertz CT molecular complexity index is 1320. The first-order chi connectivity index (χ1) is 20.2. The minimum Gasteiger partial charge on any atom is -0.507 e. The van der Waals surface area contributed by atoms with Crippen molar-refractivity contribution in [1.82, 2.24) is 10.6 Å². The van der Waals surface area contributed by atoms with E-state index in [4.69, 9.17) is 19.3 Å². The quantitative estimate of drug-likeness (QED) is 0.147. The average Bonchev–Trinajstić information content (AvgIpc) is 2.92. The molecular weight excluding hydrogens is 568 g/mol. The maximum Gasteiger partial charge on any atom is 0.408 e. The van der Waals surface area contributed by atoms with Crippen LogP contribution in [0.2, 0.25) is 0 Å². The summed E-state index contributed by atoms with van der Waals surface area (Å²) in [6, 6.07) is 7.20. The van der Waals surface area contributed by atoms with Crippen molar-refractivity contribution in [1.29, 1.82) is 0 Å². The summed E-state index contributed by atoms with van der Waals surface area (Å²) in [4.78, 5) is 60.0. The van der Waals surface area contributed by atoms with Crippen LogP contribution in [0.15, 0.2) is 36.4 Å². The topological polar surface area (TPSA) is 207 Å². The van der Waals surface area contributed by atoms with E-state index in [2.05, 4.69) is 15.4 Å². The van der Waals surface area contributed by atoms with E-state index in [-0.39, 0.29) is 47.9 Å². The maximum atomic E-state index is 13.1. The number of carboxylic acid groups (broad SMARTS) is 2. The van der Waals surface area contributed by atoms with Crippen LogP contribution in [0.5, 0.6) is 17.2 Å². The van der Waals surface area contributed by atoms with Crippen molar-refractivity contribution in [2.75, 3.05) is 26.9 Å². The summed E-state index contributed by atoms with van der Waals surface area (Å²) in [5.41, 5.74) is -0.884. The number of esters is 1. The van der Waals surface area contributed by atoms with E-state index in [1.54, 1.807) is 20.8 Å². The van der Waals surface area contributed by atoms with Gasteiger partial charge in [-0.3, -0.25) is 4.79 Å². The molecule has 1 atom stereocenters. The summed E-state index contributed by atoms with van der Waals surface area (Å²) in [7, 11) is 1.18. The van der Waals surface area contributed by atoms with E-state index in [1.165, 1.54) is 43.5 Å². The van der Waals surface area contributed by atoms with Gasteiger partial charge in [-0.15, -0.1) is 0 Å². The molecule has 2 aromatic carbocycles.